The predicted molar refractivity (Wildman–Crippen MR) is 142 cm³/mol. The molecule has 46 heavy (non-hydrogen) atoms. The van der Waals surface area contributed by atoms with Crippen molar-refractivity contribution in [2.45, 2.75) is 31.7 Å². The zero-order valence-electron chi connectivity index (χ0n) is 23.0. The molecule has 0 aliphatic carbocycles. The second-order valence-electron chi connectivity index (χ2n) is 9.43. The van der Waals surface area contributed by atoms with Gasteiger partial charge in [0.1, 0.15) is 11.1 Å². The van der Waals surface area contributed by atoms with Crippen molar-refractivity contribution in [2.75, 3.05) is 17.2 Å². The van der Waals surface area contributed by atoms with Gasteiger partial charge in [0, 0.05) is 19.3 Å². The lowest BCUT2D eigenvalue weighted by molar-refractivity contribution is -0.138. The summed E-state index contributed by atoms with van der Waals surface area (Å²) in [4.78, 5) is 32.4. The fourth-order valence-corrected chi connectivity index (χ4v) is 4.00. The van der Waals surface area contributed by atoms with Gasteiger partial charge < -0.3 is 20.7 Å². The molecule has 0 radical (unpaired) electrons. The average Bonchev–Trinajstić information content (AvgIpc) is 3.27. The number of carbonyl (C=O) groups is 2. The molecule has 0 saturated carbocycles. The van der Waals surface area contributed by atoms with E-state index >= 15 is 0 Å². The van der Waals surface area contributed by atoms with E-state index in [1.165, 1.54) is 7.05 Å². The minimum absolute atomic E-state index is 0.00583. The molecule has 0 spiro atoms. The Kier molecular flexibility index (Phi) is 9.62. The van der Waals surface area contributed by atoms with E-state index in [1.54, 1.807) is 0 Å². The maximum absolute atomic E-state index is 13.8. The van der Waals surface area contributed by atoms with Gasteiger partial charge in [0.05, 0.1) is 16.8 Å². The Morgan fingerprint density at radius 3 is 2.17 bits per heavy atom. The number of ether oxygens (including phenoxy) is 1. The molecule has 3 N–H and O–H groups in total. The first-order chi connectivity index (χ1) is 21.4. The van der Waals surface area contributed by atoms with Crippen LogP contribution in [0.4, 0.5) is 61.2 Å². The summed E-state index contributed by atoms with van der Waals surface area (Å²) in [6.07, 6.45) is -15.9. The molecule has 2 heterocycles. The molecule has 19 heteroatoms. The molecule has 4 rings (SSSR count). The van der Waals surface area contributed by atoms with Crippen molar-refractivity contribution < 1.29 is 58.2 Å². The summed E-state index contributed by atoms with van der Waals surface area (Å²) < 4.78 is 137. The molecule has 0 aliphatic rings. The molecule has 0 bridgehead atoms. The molecule has 0 saturated heterocycles. The molecule has 0 atom stereocenters. The molecule has 2 aromatic heterocycles. The zero-order valence-corrected chi connectivity index (χ0v) is 23.0. The van der Waals surface area contributed by atoms with Crippen LogP contribution in [-0.4, -0.2) is 45.8 Å². The van der Waals surface area contributed by atoms with Gasteiger partial charge in [0.25, 0.3) is 18.2 Å². The van der Waals surface area contributed by atoms with Crippen LogP contribution < -0.4 is 20.7 Å². The first-order valence-corrected chi connectivity index (χ1v) is 12.7. The van der Waals surface area contributed by atoms with Gasteiger partial charge in [-0.25, -0.2) is 13.8 Å². The van der Waals surface area contributed by atoms with E-state index in [2.05, 4.69) is 20.6 Å². The number of alkyl halides is 10. The molecule has 4 aromatic rings. The average molecular weight is 666 g/mol. The Hall–Kier alpha value is -5.10. The number of fused-ring (bicyclic) bond motifs is 1. The van der Waals surface area contributed by atoms with E-state index in [0.29, 0.717) is 18.2 Å². The summed E-state index contributed by atoms with van der Waals surface area (Å²) in [5.74, 6) is -3.63. The van der Waals surface area contributed by atoms with E-state index < -0.39 is 78.4 Å². The van der Waals surface area contributed by atoms with Crippen LogP contribution in [0.5, 0.6) is 5.88 Å². The highest BCUT2D eigenvalue weighted by atomic mass is 19.4. The number of amides is 2. The van der Waals surface area contributed by atoms with Crippen LogP contribution in [-0.2, 0) is 30.7 Å². The third-order valence-corrected chi connectivity index (χ3v) is 6.17. The number of benzene rings is 2. The largest absolute Gasteiger partial charge is 0.471 e. The quantitative estimate of drug-likeness (QED) is 0.166. The van der Waals surface area contributed by atoms with Crippen molar-refractivity contribution in [3.8, 4) is 5.88 Å². The summed E-state index contributed by atoms with van der Waals surface area (Å²) in [5, 5.41) is 6.59. The first kappa shape index (κ1) is 33.8. The van der Waals surface area contributed by atoms with Gasteiger partial charge >= 0.3 is 18.8 Å². The van der Waals surface area contributed by atoms with E-state index in [4.69, 9.17) is 4.74 Å². The van der Waals surface area contributed by atoms with Crippen molar-refractivity contribution in [1.82, 2.24) is 19.9 Å². The van der Waals surface area contributed by atoms with Gasteiger partial charge in [-0.15, -0.1) is 0 Å². The summed E-state index contributed by atoms with van der Waals surface area (Å²) in [5.41, 5.74) is -3.67. The summed E-state index contributed by atoms with van der Waals surface area (Å²) in [6.45, 7) is -1.76. The van der Waals surface area contributed by atoms with Gasteiger partial charge in [-0.3, -0.25) is 14.2 Å². The highest BCUT2D eigenvalue weighted by Crippen LogP contribution is 2.37. The molecular weight excluding hydrogens is 646 g/mol. The lowest BCUT2D eigenvalue weighted by Crippen LogP contribution is -2.29. The van der Waals surface area contributed by atoms with Crippen molar-refractivity contribution in [3.05, 3.63) is 70.8 Å². The number of hydrogen-bond donors (Lipinski definition) is 3. The number of pyridine rings is 1. The monoisotopic (exact) mass is 666 g/mol. The van der Waals surface area contributed by atoms with Crippen molar-refractivity contribution in [3.63, 3.8) is 0 Å². The second kappa shape index (κ2) is 13.1. The van der Waals surface area contributed by atoms with Crippen LogP contribution in [0.1, 0.15) is 27.0 Å². The summed E-state index contributed by atoms with van der Waals surface area (Å²) >= 11 is 0. The minimum atomic E-state index is -4.91. The summed E-state index contributed by atoms with van der Waals surface area (Å²) in [6, 6.07) is 6.84. The third-order valence-electron chi connectivity index (χ3n) is 6.17. The van der Waals surface area contributed by atoms with Crippen LogP contribution >= 0.6 is 0 Å². The Morgan fingerprint density at radius 2 is 1.59 bits per heavy atom. The predicted octanol–water partition coefficient (Wildman–Crippen LogP) is 6.53. The molecule has 0 aliphatic heterocycles. The number of aromatic nitrogens is 3. The van der Waals surface area contributed by atoms with E-state index in [1.807, 2.05) is 5.32 Å². The standard InChI is InChI=1S/C27H20F10N6O3/c1-43-21-18(41-25(43)40-17-8-12(10-38-23(45)20(30)31)2-7-16(17)27(35,36)37)9-15(24(42-21)46-11-19(28)29)22(44)39-14-5-3-13(4-6-14)26(32,33)34/h2-9,19-20H,10-11H2,1H3,(H,38,45)(H,39,44)(H,40,41). The maximum atomic E-state index is 13.8. The van der Waals surface area contributed by atoms with Gasteiger partial charge in [-0.05, 0) is 48.0 Å². The van der Waals surface area contributed by atoms with Crippen LogP contribution in [0.15, 0.2) is 48.5 Å². The number of rotatable bonds is 10. The molecular formula is C27H20F10N6O3. The number of halogens is 10. The van der Waals surface area contributed by atoms with Gasteiger partial charge in [0.2, 0.25) is 11.8 Å². The SMILES string of the molecule is Cn1c(Nc2cc(CNC(=O)C(F)F)ccc2C(F)(F)F)nc2cc(C(=O)Nc3ccc(C(F)(F)F)cc3)c(OCC(F)F)nc21. The molecule has 0 fully saturated rings. The Bertz CT molecular complexity index is 1740. The van der Waals surface area contributed by atoms with Crippen LogP contribution in [0.2, 0.25) is 0 Å². The normalized spacial score (nSPS) is 12.1. The lowest BCUT2D eigenvalue weighted by Gasteiger charge is -2.16. The highest BCUT2D eigenvalue weighted by Gasteiger charge is 2.34. The smallest absolute Gasteiger partial charge is 0.418 e. The number of nitrogens with one attached hydrogen (secondary N) is 3. The third kappa shape index (κ3) is 7.94. The fraction of sp³-hybridized carbons (Fsp3) is 0.259. The topological polar surface area (TPSA) is 110 Å². The van der Waals surface area contributed by atoms with E-state index in [0.717, 1.165) is 34.9 Å². The minimum Gasteiger partial charge on any atom is -0.471 e. The zero-order chi connectivity index (χ0) is 34.0. The highest BCUT2D eigenvalue weighted by molar-refractivity contribution is 6.07. The lowest BCUT2D eigenvalue weighted by atomic mass is 10.1. The van der Waals surface area contributed by atoms with Crippen molar-refractivity contribution in [1.29, 1.82) is 0 Å². The molecule has 246 valence electrons. The molecule has 0 unspecified atom stereocenters. The molecule has 2 amide bonds. The Balaban J connectivity index is 1.70. The number of hydrogen-bond acceptors (Lipinski definition) is 6. The fourth-order valence-electron chi connectivity index (χ4n) is 4.00. The number of aryl methyl sites for hydroxylation is 1. The van der Waals surface area contributed by atoms with Gasteiger partial charge in [-0.1, -0.05) is 6.07 Å². The number of imidazole rings is 1. The van der Waals surface area contributed by atoms with Gasteiger partial charge in [0.15, 0.2) is 12.3 Å². The van der Waals surface area contributed by atoms with Crippen molar-refractivity contribution in [2.24, 2.45) is 7.05 Å². The molecule has 9 nitrogen and oxygen atoms in total. The van der Waals surface area contributed by atoms with Crippen LogP contribution in [0.25, 0.3) is 11.2 Å². The van der Waals surface area contributed by atoms with E-state index in [9.17, 15) is 53.5 Å². The van der Waals surface area contributed by atoms with Crippen LogP contribution in [0.3, 0.4) is 0 Å². The van der Waals surface area contributed by atoms with E-state index in [-0.39, 0.29) is 28.4 Å². The number of anilines is 3. The summed E-state index contributed by atoms with van der Waals surface area (Å²) in [7, 11) is 1.28. The molecule has 2 aromatic carbocycles. The first-order valence-electron chi connectivity index (χ1n) is 12.7. The Morgan fingerprint density at radius 1 is 0.913 bits per heavy atom. The van der Waals surface area contributed by atoms with Gasteiger partial charge in [-0.2, -0.15) is 40.1 Å². The second-order valence-corrected chi connectivity index (χ2v) is 9.43. The van der Waals surface area contributed by atoms with Crippen LogP contribution in [0, 0.1) is 0 Å². The van der Waals surface area contributed by atoms with Crippen molar-refractivity contribution >= 4 is 40.3 Å². The Labute approximate surface area is 251 Å². The number of carbonyl (C=O) groups excluding carboxylic acids is 2. The maximum Gasteiger partial charge on any atom is 0.418 e. The number of nitrogens with zero attached hydrogens (tertiary/aromatic N) is 3.